The number of benzene rings is 2. The van der Waals surface area contributed by atoms with Crippen LogP contribution in [0.5, 0.6) is 0 Å². The number of hydrogen-bond acceptors (Lipinski definition) is 2. The molecule has 3 aromatic rings. The van der Waals surface area contributed by atoms with E-state index in [1.165, 1.54) is 25.7 Å². The van der Waals surface area contributed by atoms with Crippen molar-refractivity contribution < 1.29 is 4.79 Å². The summed E-state index contributed by atoms with van der Waals surface area (Å²) >= 11 is 0. The van der Waals surface area contributed by atoms with Crippen LogP contribution in [-0.2, 0) is 11.2 Å². The van der Waals surface area contributed by atoms with E-state index in [1.54, 1.807) is 0 Å². The van der Waals surface area contributed by atoms with Gasteiger partial charge in [-0.1, -0.05) is 56.0 Å². The first-order valence-corrected chi connectivity index (χ1v) is 10.1. The Morgan fingerprint density at radius 1 is 0.963 bits per heavy atom. The fourth-order valence-electron chi connectivity index (χ4n) is 4.06. The van der Waals surface area contributed by atoms with Crippen molar-refractivity contribution in [1.29, 1.82) is 0 Å². The Morgan fingerprint density at radius 2 is 1.67 bits per heavy atom. The van der Waals surface area contributed by atoms with Gasteiger partial charge in [-0.05, 0) is 37.1 Å². The minimum Gasteiger partial charge on any atom is -0.353 e. The van der Waals surface area contributed by atoms with Crippen molar-refractivity contribution >= 4 is 16.9 Å². The maximum Gasteiger partial charge on any atom is 0.220 e. The number of fused-ring (bicyclic) bond motifs is 1. The predicted octanol–water partition coefficient (Wildman–Crippen LogP) is 4.80. The third kappa shape index (κ3) is 4.21. The van der Waals surface area contributed by atoms with E-state index in [9.17, 15) is 4.79 Å². The van der Waals surface area contributed by atoms with Gasteiger partial charge >= 0.3 is 0 Å². The number of imidazole rings is 1. The number of carbonyl (C=O) groups excluding carboxylic acids is 1. The molecule has 0 bridgehead atoms. The monoisotopic (exact) mass is 361 g/mol. The predicted molar refractivity (Wildman–Crippen MR) is 109 cm³/mol. The maximum absolute atomic E-state index is 12.5. The van der Waals surface area contributed by atoms with Crippen LogP contribution in [0.4, 0.5) is 0 Å². The zero-order valence-corrected chi connectivity index (χ0v) is 15.7. The molecule has 1 N–H and O–H groups in total. The zero-order chi connectivity index (χ0) is 18.5. The number of aryl methyl sites for hydroxylation is 1. The largest absolute Gasteiger partial charge is 0.353 e. The van der Waals surface area contributed by atoms with Gasteiger partial charge in [-0.25, -0.2) is 4.98 Å². The molecule has 0 aliphatic heterocycles. The molecule has 0 saturated heterocycles. The van der Waals surface area contributed by atoms with Gasteiger partial charge in [0, 0.05) is 24.6 Å². The van der Waals surface area contributed by atoms with Gasteiger partial charge in [0.05, 0.1) is 11.0 Å². The van der Waals surface area contributed by atoms with Crippen LogP contribution in [0.25, 0.3) is 16.7 Å². The lowest BCUT2D eigenvalue weighted by Gasteiger charge is -2.16. The lowest BCUT2D eigenvalue weighted by atomic mass is 10.1. The molecule has 0 radical (unpaired) electrons. The summed E-state index contributed by atoms with van der Waals surface area (Å²) in [5, 5.41) is 3.25. The highest BCUT2D eigenvalue weighted by atomic mass is 16.1. The molecule has 1 aliphatic carbocycles. The van der Waals surface area contributed by atoms with Crippen LogP contribution >= 0.6 is 0 Å². The molecule has 0 spiro atoms. The molecule has 1 fully saturated rings. The number of nitrogens with one attached hydrogen (secondary N) is 1. The topological polar surface area (TPSA) is 46.9 Å². The molecule has 0 atom stereocenters. The highest BCUT2D eigenvalue weighted by Crippen LogP contribution is 2.22. The van der Waals surface area contributed by atoms with Crippen molar-refractivity contribution in [3.63, 3.8) is 0 Å². The van der Waals surface area contributed by atoms with Gasteiger partial charge in [-0.3, -0.25) is 9.36 Å². The third-order valence-electron chi connectivity index (χ3n) is 5.44. The molecule has 1 aromatic heterocycles. The maximum atomic E-state index is 12.5. The summed E-state index contributed by atoms with van der Waals surface area (Å²) in [6, 6.07) is 18.8. The molecule has 0 unspecified atom stereocenters. The SMILES string of the molecule is O=C(CCc1nc2ccccc2n1-c1ccccc1)NC1CCCCCC1. The average Bonchev–Trinajstić information content (AvgIpc) is 2.88. The Balaban J connectivity index is 1.51. The Labute approximate surface area is 160 Å². The molecule has 27 heavy (non-hydrogen) atoms. The van der Waals surface area contributed by atoms with Crippen LogP contribution in [0, 0.1) is 0 Å². The summed E-state index contributed by atoms with van der Waals surface area (Å²) in [6.07, 6.45) is 8.42. The number of carbonyl (C=O) groups is 1. The molecular formula is C23H27N3O. The summed E-state index contributed by atoms with van der Waals surface area (Å²) in [5.74, 6) is 1.09. The van der Waals surface area contributed by atoms with Gasteiger partial charge in [0.25, 0.3) is 0 Å². The van der Waals surface area contributed by atoms with Crippen LogP contribution in [0.3, 0.4) is 0 Å². The van der Waals surface area contributed by atoms with E-state index in [-0.39, 0.29) is 5.91 Å². The van der Waals surface area contributed by atoms with Crippen molar-refractivity contribution in [3.05, 3.63) is 60.4 Å². The van der Waals surface area contributed by atoms with Gasteiger partial charge in [0.2, 0.25) is 5.91 Å². The Bertz CT molecular complexity index is 892. The molecule has 2 aromatic carbocycles. The Kier molecular flexibility index (Phi) is 5.52. The van der Waals surface area contributed by atoms with Gasteiger partial charge < -0.3 is 5.32 Å². The first kappa shape index (κ1) is 17.8. The van der Waals surface area contributed by atoms with Gasteiger partial charge in [-0.2, -0.15) is 0 Å². The lowest BCUT2D eigenvalue weighted by molar-refractivity contribution is -0.121. The molecule has 1 aliphatic rings. The molecular weight excluding hydrogens is 334 g/mol. The smallest absolute Gasteiger partial charge is 0.220 e. The first-order valence-electron chi connectivity index (χ1n) is 10.1. The first-order chi connectivity index (χ1) is 13.3. The van der Waals surface area contributed by atoms with Crippen molar-refractivity contribution in [2.75, 3.05) is 0 Å². The van der Waals surface area contributed by atoms with Gasteiger partial charge in [0.1, 0.15) is 5.82 Å². The van der Waals surface area contributed by atoms with E-state index in [1.807, 2.05) is 36.4 Å². The molecule has 1 amide bonds. The molecule has 4 rings (SSSR count). The molecule has 4 nitrogen and oxygen atoms in total. The van der Waals surface area contributed by atoms with Crippen LogP contribution in [-0.4, -0.2) is 21.5 Å². The van der Waals surface area contributed by atoms with Gasteiger partial charge in [-0.15, -0.1) is 0 Å². The molecule has 4 heteroatoms. The Morgan fingerprint density at radius 3 is 2.44 bits per heavy atom. The summed E-state index contributed by atoms with van der Waals surface area (Å²) in [4.78, 5) is 17.3. The standard InChI is InChI=1S/C23H27N3O/c27-23(24-18-10-4-1-2-5-11-18)17-16-22-25-20-14-8-9-15-21(20)26(22)19-12-6-3-7-13-19/h3,6-9,12-15,18H,1-2,4-5,10-11,16-17H2,(H,24,27). The normalized spacial score (nSPS) is 15.6. The number of aromatic nitrogens is 2. The average molecular weight is 361 g/mol. The summed E-state index contributed by atoms with van der Waals surface area (Å²) in [6.45, 7) is 0. The fourth-order valence-corrected chi connectivity index (χ4v) is 4.06. The van der Waals surface area contributed by atoms with Crippen molar-refractivity contribution in [2.45, 2.75) is 57.4 Å². The van der Waals surface area contributed by atoms with Crippen molar-refractivity contribution in [3.8, 4) is 5.69 Å². The highest BCUT2D eigenvalue weighted by molar-refractivity contribution is 5.79. The molecule has 140 valence electrons. The van der Waals surface area contributed by atoms with Crippen LogP contribution < -0.4 is 5.32 Å². The van der Waals surface area contributed by atoms with Crippen molar-refractivity contribution in [1.82, 2.24) is 14.9 Å². The number of nitrogens with zero attached hydrogens (tertiary/aromatic N) is 2. The minimum atomic E-state index is 0.147. The van der Waals surface area contributed by atoms with E-state index in [4.69, 9.17) is 4.98 Å². The second-order valence-electron chi connectivity index (χ2n) is 7.44. The van der Waals surface area contributed by atoms with E-state index >= 15 is 0 Å². The third-order valence-corrected chi connectivity index (χ3v) is 5.44. The molecule has 1 heterocycles. The summed E-state index contributed by atoms with van der Waals surface area (Å²) in [7, 11) is 0. The van der Waals surface area contributed by atoms with Crippen LogP contribution in [0.15, 0.2) is 54.6 Å². The van der Waals surface area contributed by atoms with E-state index in [0.717, 1.165) is 35.4 Å². The van der Waals surface area contributed by atoms with Crippen molar-refractivity contribution in [2.24, 2.45) is 0 Å². The minimum absolute atomic E-state index is 0.147. The van der Waals surface area contributed by atoms with E-state index in [0.29, 0.717) is 18.9 Å². The van der Waals surface area contributed by atoms with Crippen LogP contribution in [0.2, 0.25) is 0 Å². The second-order valence-corrected chi connectivity index (χ2v) is 7.44. The number of para-hydroxylation sites is 3. The second kappa shape index (κ2) is 8.38. The fraction of sp³-hybridized carbons (Fsp3) is 0.391. The van der Waals surface area contributed by atoms with Gasteiger partial charge in [0.15, 0.2) is 0 Å². The summed E-state index contributed by atoms with van der Waals surface area (Å²) in [5.41, 5.74) is 3.15. The quantitative estimate of drug-likeness (QED) is 0.664. The Hall–Kier alpha value is -2.62. The molecule has 1 saturated carbocycles. The summed E-state index contributed by atoms with van der Waals surface area (Å²) < 4.78 is 2.17. The van der Waals surface area contributed by atoms with Crippen LogP contribution in [0.1, 0.15) is 50.8 Å². The number of rotatable bonds is 5. The highest BCUT2D eigenvalue weighted by Gasteiger charge is 2.17. The lowest BCUT2D eigenvalue weighted by Crippen LogP contribution is -2.34. The number of amides is 1. The zero-order valence-electron chi connectivity index (χ0n) is 15.7. The number of hydrogen-bond donors (Lipinski definition) is 1. The van der Waals surface area contributed by atoms with E-state index in [2.05, 4.69) is 28.1 Å². The van der Waals surface area contributed by atoms with E-state index < -0.39 is 0 Å².